The number of hydrazone groups is 1. The maximum atomic E-state index is 13.2. The number of carbonyl (C=O) groups is 2. The van der Waals surface area contributed by atoms with Crippen LogP contribution in [0.25, 0.3) is 0 Å². The van der Waals surface area contributed by atoms with E-state index in [9.17, 15) is 9.59 Å². The average molecular weight is 345 g/mol. The van der Waals surface area contributed by atoms with Crippen LogP contribution in [0.1, 0.15) is 41.0 Å². The van der Waals surface area contributed by atoms with Gasteiger partial charge in [0.15, 0.2) is 0 Å². The summed E-state index contributed by atoms with van der Waals surface area (Å²) in [5.41, 5.74) is 1.07. The van der Waals surface area contributed by atoms with Crippen molar-refractivity contribution in [3.05, 3.63) is 30.3 Å². The van der Waals surface area contributed by atoms with Gasteiger partial charge >= 0.3 is 5.97 Å². The summed E-state index contributed by atoms with van der Waals surface area (Å²) in [5.74, 6) is -0.490. The maximum Gasteiger partial charge on any atom is 0.354 e. The Morgan fingerprint density at radius 1 is 1.20 bits per heavy atom. The summed E-state index contributed by atoms with van der Waals surface area (Å²) < 4.78 is 5.07. The van der Waals surface area contributed by atoms with Crippen molar-refractivity contribution in [2.45, 2.75) is 59.2 Å². The monoisotopic (exact) mass is 345 g/mol. The molecule has 1 atom stereocenters. The lowest BCUT2D eigenvalue weighted by Gasteiger charge is -2.35. The second-order valence-corrected chi connectivity index (χ2v) is 6.60. The predicted molar refractivity (Wildman–Crippen MR) is 98.5 cm³/mol. The molecule has 1 amide bonds. The number of ether oxygens (including phenoxy) is 1. The molecule has 0 N–H and O–H groups in total. The zero-order valence-electron chi connectivity index (χ0n) is 15.6. The van der Waals surface area contributed by atoms with Crippen molar-refractivity contribution in [1.29, 1.82) is 0 Å². The Kier molecular flexibility index (Phi) is 6.17. The Morgan fingerprint density at radius 2 is 1.80 bits per heavy atom. The Labute approximate surface area is 149 Å². The first-order valence-electron chi connectivity index (χ1n) is 8.77. The molecule has 0 fully saturated rings. The fourth-order valence-corrected chi connectivity index (χ4v) is 3.14. The van der Waals surface area contributed by atoms with Crippen LogP contribution in [0.2, 0.25) is 0 Å². The maximum absolute atomic E-state index is 13.2. The number of rotatable bonds is 6. The van der Waals surface area contributed by atoms with Crippen LogP contribution in [0.15, 0.2) is 35.4 Å². The molecule has 1 unspecified atom stereocenters. The number of hydrogen-bond donors (Lipinski definition) is 0. The molecule has 1 aromatic rings. The molecule has 1 heterocycles. The number of amides is 1. The van der Waals surface area contributed by atoms with Crippen LogP contribution in [0.5, 0.6) is 0 Å². The molecule has 1 aliphatic rings. The van der Waals surface area contributed by atoms with Crippen LogP contribution < -0.4 is 5.01 Å². The van der Waals surface area contributed by atoms with Crippen LogP contribution >= 0.6 is 0 Å². The number of carbonyl (C=O) groups excluding carboxylic acids is 2. The van der Waals surface area contributed by atoms with Crippen molar-refractivity contribution in [2.24, 2.45) is 5.10 Å². The standard InChI is InChI=1S/C19H27N3O3/c1-6-25-19(24)16-12-17(18(23)21(13(2)3)14(4)5)22(20-16)15-10-8-7-9-11-15/h7-11,13-14,17H,6,12H2,1-5H3. The zero-order chi connectivity index (χ0) is 18.6. The molecule has 6 heteroatoms. The van der Waals surface area contributed by atoms with Gasteiger partial charge in [0, 0.05) is 18.5 Å². The Balaban J connectivity index is 2.35. The van der Waals surface area contributed by atoms with Crippen LogP contribution in [0.4, 0.5) is 5.69 Å². The van der Waals surface area contributed by atoms with E-state index in [1.165, 1.54) is 0 Å². The van der Waals surface area contributed by atoms with Gasteiger partial charge in [0.2, 0.25) is 5.91 Å². The van der Waals surface area contributed by atoms with Gasteiger partial charge in [-0.15, -0.1) is 0 Å². The second-order valence-electron chi connectivity index (χ2n) is 6.60. The predicted octanol–water partition coefficient (Wildman–Crippen LogP) is 2.83. The first-order chi connectivity index (χ1) is 11.9. The van der Waals surface area contributed by atoms with E-state index in [1.54, 1.807) is 11.9 Å². The fraction of sp³-hybridized carbons (Fsp3) is 0.526. The van der Waals surface area contributed by atoms with E-state index < -0.39 is 12.0 Å². The molecule has 0 radical (unpaired) electrons. The number of nitrogens with zero attached hydrogens (tertiary/aromatic N) is 3. The molecule has 6 nitrogen and oxygen atoms in total. The summed E-state index contributed by atoms with van der Waals surface area (Å²) in [6.07, 6.45) is 0.252. The smallest absolute Gasteiger partial charge is 0.354 e. The van der Waals surface area contributed by atoms with Gasteiger partial charge in [-0.3, -0.25) is 9.80 Å². The van der Waals surface area contributed by atoms with Gasteiger partial charge in [0.25, 0.3) is 0 Å². The van der Waals surface area contributed by atoms with Crippen LogP contribution in [0.3, 0.4) is 0 Å². The third-order valence-electron chi connectivity index (χ3n) is 4.09. The highest BCUT2D eigenvalue weighted by atomic mass is 16.5. The van der Waals surface area contributed by atoms with E-state index in [1.807, 2.05) is 62.9 Å². The van der Waals surface area contributed by atoms with Gasteiger partial charge in [0.1, 0.15) is 11.8 Å². The van der Waals surface area contributed by atoms with Crippen molar-refractivity contribution in [1.82, 2.24) is 4.90 Å². The first-order valence-corrected chi connectivity index (χ1v) is 8.77. The molecule has 0 saturated heterocycles. The van der Waals surface area contributed by atoms with E-state index >= 15 is 0 Å². The summed E-state index contributed by atoms with van der Waals surface area (Å²) in [5, 5.41) is 6.05. The number of anilines is 1. The molecular weight excluding hydrogens is 318 g/mol. The second kappa shape index (κ2) is 8.14. The highest BCUT2D eigenvalue weighted by Gasteiger charge is 2.40. The average Bonchev–Trinajstić information content (AvgIpc) is 3.00. The Morgan fingerprint density at radius 3 is 2.32 bits per heavy atom. The molecule has 2 rings (SSSR count). The highest BCUT2D eigenvalue weighted by molar-refractivity contribution is 6.38. The van der Waals surface area contributed by atoms with Crippen molar-refractivity contribution in [3.63, 3.8) is 0 Å². The van der Waals surface area contributed by atoms with Crippen molar-refractivity contribution < 1.29 is 14.3 Å². The Hall–Kier alpha value is -2.37. The summed E-state index contributed by atoms with van der Waals surface area (Å²) in [4.78, 5) is 27.2. The third-order valence-corrected chi connectivity index (χ3v) is 4.09. The molecule has 0 spiro atoms. The lowest BCUT2D eigenvalue weighted by Crippen LogP contribution is -2.51. The van der Waals surface area contributed by atoms with Crippen LogP contribution in [0, 0.1) is 0 Å². The van der Waals surface area contributed by atoms with Crippen LogP contribution in [-0.2, 0) is 14.3 Å². The highest BCUT2D eigenvalue weighted by Crippen LogP contribution is 2.27. The van der Waals surface area contributed by atoms with Crippen molar-refractivity contribution in [2.75, 3.05) is 11.6 Å². The minimum absolute atomic E-state index is 0.0306. The molecule has 25 heavy (non-hydrogen) atoms. The minimum atomic E-state index is -0.536. The van der Waals surface area contributed by atoms with Gasteiger partial charge in [-0.2, -0.15) is 5.10 Å². The molecule has 136 valence electrons. The number of esters is 1. The summed E-state index contributed by atoms with van der Waals surface area (Å²) in [6, 6.07) is 9.04. The summed E-state index contributed by atoms with van der Waals surface area (Å²) in [6.45, 7) is 10.0. The molecule has 0 aromatic heterocycles. The number of para-hydroxylation sites is 1. The summed E-state index contributed by atoms with van der Waals surface area (Å²) >= 11 is 0. The lowest BCUT2D eigenvalue weighted by atomic mass is 10.1. The molecule has 0 aliphatic carbocycles. The lowest BCUT2D eigenvalue weighted by molar-refractivity contribution is -0.136. The molecule has 1 aliphatic heterocycles. The van der Waals surface area contributed by atoms with E-state index in [0.29, 0.717) is 0 Å². The molecule has 0 bridgehead atoms. The van der Waals surface area contributed by atoms with E-state index in [-0.39, 0.29) is 36.7 Å². The first kappa shape index (κ1) is 19.0. The summed E-state index contributed by atoms with van der Waals surface area (Å²) in [7, 11) is 0. The van der Waals surface area contributed by atoms with Gasteiger partial charge in [0.05, 0.1) is 12.3 Å². The Bertz CT molecular complexity index is 633. The number of hydrogen-bond acceptors (Lipinski definition) is 5. The molecule has 0 saturated carbocycles. The van der Waals surface area contributed by atoms with Crippen LogP contribution in [-0.4, -0.2) is 47.2 Å². The largest absolute Gasteiger partial charge is 0.461 e. The fourth-order valence-electron chi connectivity index (χ4n) is 3.14. The molecule has 1 aromatic carbocycles. The van der Waals surface area contributed by atoms with E-state index in [4.69, 9.17) is 4.74 Å². The van der Waals surface area contributed by atoms with Crippen molar-refractivity contribution in [3.8, 4) is 0 Å². The quantitative estimate of drug-likeness (QED) is 0.744. The van der Waals surface area contributed by atoms with Gasteiger partial charge in [-0.05, 0) is 46.8 Å². The van der Waals surface area contributed by atoms with Gasteiger partial charge in [-0.1, -0.05) is 18.2 Å². The van der Waals surface area contributed by atoms with Gasteiger partial charge in [-0.25, -0.2) is 4.79 Å². The van der Waals surface area contributed by atoms with E-state index in [0.717, 1.165) is 5.69 Å². The number of benzene rings is 1. The van der Waals surface area contributed by atoms with E-state index in [2.05, 4.69) is 5.10 Å². The minimum Gasteiger partial charge on any atom is -0.461 e. The zero-order valence-corrected chi connectivity index (χ0v) is 15.6. The topological polar surface area (TPSA) is 62.2 Å². The molecular formula is C19H27N3O3. The third kappa shape index (κ3) is 4.18. The van der Waals surface area contributed by atoms with Gasteiger partial charge < -0.3 is 9.64 Å². The SMILES string of the molecule is CCOC(=O)C1=NN(c2ccccc2)C(C(=O)N(C(C)C)C(C)C)C1. The van der Waals surface area contributed by atoms with Crippen molar-refractivity contribution >= 4 is 23.3 Å². The normalized spacial score (nSPS) is 17.0.